The Labute approximate surface area is 91.1 Å². The van der Waals surface area contributed by atoms with E-state index in [1.807, 2.05) is 0 Å². The summed E-state index contributed by atoms with van der Waals surface area (Å²) < 4.78 is 5.65. The summed E-state index contributed by atoms with van der Waals surface area (Å²) in [5.41, 5.74) is 0.0330. The van der Waals surface area contributed by atoms with Gasteiger partial charge in [0.1, 0.15) is 0 Å². The van der Waals surface area contributed by atoms with E-state index in [2.05, 4.69) is 14.8 Å². The third-order valence-electron chi connectivity index (χ3n) is 1.95. The molecule has 0 unspecified atom stereocenters. The number of aromatic hydroxyl groups is 1. The van der Waals surface area contributed by atoms with Crippen molar-refractivity contribution in [2.45, 2.75) is 0 Å². The molecule has 0 atom stereocenters. The fraction of sp³-hybridized carbons (Fsp3) is 0.100. The van der Waals surface area contributed by atoms with E-state index in [1.165, 1.54) is 13.2 Å². The van der Waals surface area contributed by atoms with Crippen LogP contribution >= 0.6 is 0 Å². The zero-order valence-electron chi connectivity index (χ0n) is 8.49. The first-order valence-electron chi connectivity index (χ1n) is 4.51. The molecule has 1 N–H and O–H groups in total. The number of methoxy groups -OCH3 is 1. The maximum absolute atomic E-state index is 11.2. The summed E-state index contributed by atoms with van der Waals surface area (Å²) in [7, 11) is 1.25. The molecule has 2 aromatic rings. The van der Waals surface area contributed by atoms with Crippen LogP contribution in [0.4, 0.5) is 0 Å². The van der Waals surface area contributed by atoms with Crippen LogP contribution in [0.5, 0.6) is 5.88 Å². The Hall–Kier alpha value is -2.37. The summed E-state index contributed by atoms with van der Waals surface area (Å²) >= 11 is 0. The van der Waals surface area contributed by atoms with Crippen molar-refractivity contribution < 1.29 is 14.6 Å². The first-order chi connectivity index (χ1) is 7.72. The minimum absolute atomic E-state index is 0.0330. The van der Waals surface area contributed by atoms with Crippen LogP contribution in [0.2, 0.25) is 0 Å². The second kappa shape index (κ2) is 4.01. The lowest BCUT2D eigenvalue weighted by atomic mass is 10.4. The van der Waals surface area contributed by atoms with Crippen LogP contribution in [0.3, 0.4) is 0 Å². The van der Waals surface area contributed by atoms with Gasteiger partial charge < -0.3 is 9.84 Å². The summed E-state index contributed by atoms with van der Waals surface area (Å²) in [4.78, 5) is 15.2. The quantitative estimate of drug-likeness (QED) is 0.754. The molecule has 6 heteroatoms. The van der Waals surface area contributed by atoms with Gasteiger partial charge in [0.15, 0.2) is 11.5 Å². The number of esters is 1. The molecule has 0 aliphatic carbocycles. The fourth-order valence-electron chi connectivity index (χ4n) is 1.22. The summed E-state index contributed by atoms with van der Waals surface area (Å²) in [5.74, 6) is -0.348. The summed E-state index contributed by atoms with van der Waals surface area (Å²) in [6.45, 7) is 0. The van der Waals surface area contributed by atoms with Crippen molar-refractivity contribution in [3.63, 3.8) is 0 Å². The molecule has 0 aromatic carbocycles. The zero-order valence-corrected chi connectivity index (χ0v) is 8.49. The van der Waals surface area contributed by atoms with Crippen LogP contribution in [0.15, 0.2) is 30.5 Å². The highest BCUT2D eigenvalue weighted by molar-refractivity contribution is 5.87. The molecule has 2 rings (SSSR count). The number of ether oxygens (including phenoxy) is 1. The summed E-state index contributed by atoms with van der Waals surface area (Å²) in [6, 6.07) is 6.38. The number of pyridine rings is 1. The molecule has 0 bridgehead atoms. The van der Waals surface area contributed by atoms with Gasteiger partial charge in [-0.25, -0.2) is 9.78 Å². The van der Waals surface area contributed by atoms with Crippen LogP contribution < -0.4 is 0 Å². The van der Waals surface area contributed by atoms with Crippen LogP contribution in [-0.4, -0.2) is 33.0 Å². The van der Waals surface area contributed by atoms with E-state index in [4.69, 9.17) is 0 Å². The number of rotatable bonds is 2. The molecule has 6 nitrogen and oxygen atoms in total. The van der Waals surface area contributed by atoms with Gasteiger partial charge in [0.2, 0.25) is 5.88 Å². The van der Waals surface area contributed by atoms with Crippen LogP contribution in [0.1, 0.15) is 10.5 Å². The molecule has 0 saturated heterocycles. The third-order valence-corrected chi connectivity index (χ3v) is 1.95. The lowest BCUT2D eigenvalue weighted by Gasteiger charge is -1.99. The maximum atomic E-state index is 11.2. The first-order valence-corrected chi connectivity index (χ1v) is 4.51. The number of carbonyl (C=O) groups excluding carboxylic acids is 1. The van der Waals surface area contributed by atoms with Crippen molar-refractivity contribution in [1.29, 1.82) is 0 Å². The standard InChI is InChI=1S/C10H9N3O3/c1-16-10(15)7-6-9(14)13(12-7)8-4-2-3-5-11-8/h2-6,14H,1H3. The Bertz CT molecular complexity index is 507. The number of aromatic nitrogens is 3. The zero-order chi connectivity index (χ0) is 11.5. The second-order valence-corrected chi connectivity index (χ2v) is 2.98. The summed E-state index contributed by atoms with van der Waals surface area (Å²) in [6.07, 6.45) is 1.56. The molecule has 0 saturated carbocycles. The Balaban J connectivity index is 2.44. The molecule has 16 heavy (non-hydrogen) atoms. The molecular weight excluding hydrogens is 210 g/mol. The Morgan fingerprint density at radius 2 is 2.31 bits per heavy atom. The normalized spacial score (nSPS) is 10.1. The molecule has 0 aliphatic heterocycles. The van der Waals surface area contributed by atoms with Gasteiger partial charge in [-0.2, -0.15) is 9.78 Å². The van der Waals surface area contributed by atoms with E-state index in [-0.39, 0.29) is 11.6 Å². The highest BCUT2D eigenvalue weighted by Gasteiger charge is 2.15. The van der Waals surface area contributed by atoms with Gasteiger partial charge in [-0.1, -0.05) is 6.07 Å². The van der Waals surface area contributed by atoms with E-state index in [0.29, 0.717) is 5.82 Å². The van der Waals surface area contributed by atoms with Gasteiger partial charge >= 0.3 is 5.97 Å². The molecule has 2 heterocycles. The van der Waals surface area contributed by atoms with Crippen LogP contribution in [0.25, 0.3) is 5.82 Å². The summed E-state index contributed by atoms with van der Waals surface area (Å²) in [5, 5.41) is 13.5. The maximum Gasteiger partial charge on any atom is 0.358 e. The SMILES string of the molecule is COC(=O)c1cc(O)n(-c2ccccn2)n1. The number of nitrogens with zero attached hydrogens (tertiary/aromatic N) is 3. The predicted octanol–water partition coefficient (Wildman–Crippen LogP) is 0.759. The average molecular weight is 219 g/mol. The molecule has 0 amide bonds. The second-order valence-electron chi connectivity index (χ2n) is 2.98. The van der Waals surface area contributed by atoms with Gasteiger partial charge in [-0.05, 0) is 12.1 Å². The third kappa shape index (κ3) is 1.72. The van der Waals surface area contributed by atoms with Crippen LogP contribution in [0, 0.1) is 0 Å². The van der Waals surface area contributed by atoms with Crippen molar-refractivity contribution in [2.24, 2.45) is 0 Å². The van der Waals surface area contributed by atoms with Gasteiger partial charge in [0.05, 0.1) is 7.11 Å². The van der Waals surface area contributed by atoms with Crippen molar-refractivity contribution in [3.05, 3.63) is 36.2 Å². The monoisotopic (exact) mass is 219 g/mol. The molecular formula is C10H9N3O3. The van der Waals surface area contributed by atoms with Gasteiger partial charge in [-0.3, -0.25) is 0 Å². The molecule has 0 aliphatic rings. The molecule has 0 spiro atoms. The fourth-order valence-corrected chi connectivity index (χ4v) is 1.22. The van der Waals surface area contributed by atoms with Crippen molar-refractivity contribution in [2.75, 3.05) is 7.11 Å². The van der Waals surface area contributed by atoms with Crippen molar-refractivity contribution in [1.82, 2.24) is 14.8 Å². The topological polar surface area (TPSA) is 77.2 Å². The van der Waals surface area contributed by atoms with Gasteiger partial charge in [-0.15, -0.1) is 0 Å². The minimum atomic E-state index is -0.606. The molecule has 2 aromatic heterocycles. The highest BCUT2D eigenvalue weighted by Crippen LogP contribution is 2.16. The Kier molecular flexibility index (Phi) is 2.55. The van der Waals surface area contributed by atoms with Crippen molar-refractivity contribution in [3.8, 4) is 11.7 Å². The number of carbonyl (C=O) groups is 1. The lowest BCUT2D eigenvalue weighted by Crippen LogP contribution is -2.04. The first kappa shape index (κ1) is 10.2. The molecule has 82 valence electrons. The number of hydrogen-bond acceptors (Lipinski definition) is 5. The van der Waals surface area contributed by atoms with Gasteiger partial charge in [0, 0.05) is 12.3 Å². The molecule has 0 radical (unpaired) electrons. The van der Waals surface area contributed by atoms with E-state index in [9.17, 15) is 9.90 Å². The number of hydrogen-bond donors (Lipinski definition) is 1. The Morgan fingerprint density at radius 1 is 1.50 bits per heavy atom. The lowest BCUT2D eigenvalue weighted by molar-refractivity contribution is 0.0593. The van der Waals surface area contributed by atoms with E-state index in [0.717, 1.165) is 4.68 Å². The average Bonchev–Trinajstić information content (AvgIpc) is 2.71. The van der Waals surface area contributed by atoms with Crippen molar-refractivity contribution >= 4 is 5.97 Å². The van der Waals surface area contributed by atoms with Gasteiger partial charge in [0.25, 0.3) is 0 Å². The van der Waals surface area contributed by atoms with E-state index >= 15 is 0 Å². The predicted molar refractivity (Wildman–Crippen MR) is 54.4 cm³/mol. The minimum Gasteiger partial charge on any atom is -0.493 e. The highest BCUT2D eigenvalue weighted by atomic mass is 16.5. The molecule has 0 fully saturated rings. The van der Waals surface area contributed by atoms with Crippen LogP contribution in [-0.2, 0) is 4.74 Å². The Morgan fingerprint density at radius 3 is 2.94 bits per heavy atom. The smallest absolute Gasteiger partial charge is 0.358 e. The van der Waals surface area contributed by atoms with E-state index in [1.54, 1.807) is 24.4 Å². The van der Waals surface area contributed by atoms with E-state index < -0.39 is 5.97 Å². The largest absolute Gasteiger partial charge is 0.493 e.